The van der Waals surface area contributed by atoms with E-state index in [4.69, 9.17) is 5.73 Å². The number of nitrogens with two attached hydrogens (primary N) is 1. The van der Waals surface area contributed by atoms with Crippen molar-refractivity contribution in [2.24, 2.45) is 23.5 Å². The van der Waals surface area contributed by atoms with Crippen molar-refractivity contribution in [1.82, 2.24) is 5.32 Å². The van der Waals surface area contributed by atoms with Crippen molar-refractivity contribution in [3.63, 3.8) is 0 Å². The van der Waals surface area contributed by atoms with Gasteiger partial charge in [0.1, 0.15) is 0 Å². The lowest BCUT2D eigenvalue weighted by Gasteiger charge is -2.25. The van der Waals surface area contributed by atoms with Gasteiger partial charge in [-0.15, -0.1) is 0 Å². The Bertz CT molecular complexity index is 113. The number of rotatable bonds is 8. The molecule has 0 fully saturated rings. The average molecular weight is 200 g/mol. The molecule has 0 aliphatic carbocycles. The number of nitrogens with one attached hydrogen (secondary N) is 1. The van der Waals surface area contributed by atoms with E-state index in [9.17, 15) is 0 Å². The largest absolute Gasteiger partial charge is 0.330 e. The molecule has 0 spiro atoms. The highest BCUT2D eigenvalue weighted by Crippen LogP contribution is 2.19. The van der Waals surface area contributed by atoms with Gasteiger partial charge in [0.2, 0.25) is 0 Å². The summed E-state index contributed by atoms with van der Waals surface area (Å²) in [4.78, 5) is 0. The van der Waals surface area contributed by atoms with E-state index in [0.717, 1.165) is 43.8 Å². The van der Waals surface area contributed by atoms with E-state index in [1.807, 2.05) is 0 Å². The van der Waals surface area contributed by atoms with Crippen LogP contribution in [0.4, 0.5) is 0 Å². The Morgan fingerprint density at radius 2 is 1.57 bits per heavy atom. The summed E-state index contributed by atoms with van der Waals surface area (Å²) in [7, 11) is 0. The van der Waals surface area contributed by atoms with Crippen molar-refractivity contribution in [1.29, 1.82) is 0 Å². The summed E-state index contributed by atoms with van der Waals surface area (Å²) in [6.07, 6.45) is 2.35. The van der Waals surface area contributed by atoms with Gasteiger partial charge in [-0.25, -0.2) is 0 Å². The molecule has 2 nitrogen and oxygen atoms in total. The van der Waals surface area contributed by atoms with E-state index in [-0.39, 0.29) is 0 Å². The van der Waals surface area contributed by atoms with Crippen molar-refractivity contribution < 1.29 is 0 Å². The van der Waals surface area contributed by atoms with Gasteiger partial charge in [0.05, 0.1) is 0 Å². The third-order valence-electron chi connectivity index (χ3n) is 2.90. The fourth-order valence-electron chi connectivity index (χ4n) is 1.90. The quantitative estimate of drug-likeness (QED) is 0.590. The van der Waals surface area contributed by atoms with Crippen LogP contribution in [0.5, 0.6) is 0 Å². The molecule has 2 heteroatoms. The zero-order chi connectivity index (χ0) is 11.0. The first-order valence-corrected chi connectivity index (χ1v) is 6.00. The zero-order valence-corrected chi connectivity index (χ0v) is 10.3. The smallest absolute Gasteiger partial charge is 0.00156 e. The van der Waals surface area contributed by atoms with Crippen molar-refractivity contribution in [3.8, 4) is 0 Å². The lowest BCUT2D eigenvalue weighted by Crippen LogP contribution is -2.30. The normalized spacial score (nSPS) is 12.0. The van der Waals surface area contributed by atoms with Gasteiger partial charge in [-0.05, 0) is 50.2 Å². The fraction of sp³-hybridized carbons (Fsp3) is 1.00. The first kappa shape index (κ1) is 13.9. The van der Waals surface area contributed by atoms with Crippen LogP contribution < -0.4 is 11.1 Å². The highest BCUT2D eigenvalue weighted by Gasteiger charge is 2.16. The van der Waals surface area contributed by atoms with Crippen LogP contribution in [-0.4, -0.2) is 19.6 Å². The van der Waals surface area contributed by atoms with Gasteiger partial charge in [-0.3, -0.25) is 0 Å². The second kappa shape index (κ2) is 8.25. The molecule has 0 heterocycles. The second-order valence-electron chi connectivity index (χ2n) is 4.85. The maximum absolute atomic E-state index is 5.44. The molecule has 0 rings (SSSR count). The fourth-order valence-corrected chi connectivity index (χ4v) is 1.90. The molecular weight excluding hydrogens is 172 g/mol. The molecular formula is C12H28N2. The van der Waals surface area contributed by atoms with Gasteiger partial charge in [-0.2, -0.15) is 0 Å². The average Bonchev–Trinajstić information content (AvgIpc) is 2.09. The minimum absolute atomic E-state index is 0.775. The molecule has 0 radical (unpaired) electrons. The molecule has 0 atom stereocenters. The Hall–Kier alpha value is -0.0800. The summed E-state index contributed by atoms with van der Waals surface area (Å²) in [5, 5.41) is 3.53. The van der Waals surface area contributed by atoms with Gasteiger partial charge in [0, 0.05) is 0 Å². The van der Waals surface area contributed by atoms with Crippen molar-refractivity contribution >= 4 is 0 Å². The molecule has 0 aliphatic rings. The highest BCUT2D eigenvalue weighted by molar-refractivity contribution is 4.69. The third-order valence-corrected chi connectivity index (χ3v) is 2.90. The topological polar surface area (TPSA) is 38.0 Å². The van der Waals surface area contributed by atoms with Crippen molar-refractivity contribution in [2.75, 3.05) is 19.6 Å². The van der Waals surface area contributed by atoms with Gasteiger partial charge in [-0.1, -0.05) is 27.7 Å². The van der Waals surface area contributed by atoms with Crippen LogP contribution in [0.15, 0.2) is 0 Å². The van der Waals surface area contributed by atoms with Crippen LogP contribution in [0.25, 0.3) is 0 Å². The highest BCUT2D eigenvalue weighted by atomic mass is 14.9. The second-order valence-corrected chi connectivity index (χ2v) is 4.85. The van der Waals surface area contributed by atoms with E-state index >= 15 is 0 Å². The molecule has 0 aliphatic heterocycles. The summed E-state index contributed by atoms with van der Waals surface area (Å²) in [6, 6.07) is 0. The Balaban J connectivity index is 3.52. The minimum atomic E-state index is 0.775. The summed E-state index contributed by atoms with van der Waals surface area (Å²) in [5.74, 6) is 2.35. The number of hydrogen-bond donors (Lipinski definition) is 2. The van der Waals surface area contributed by atoms with Crippen LogP contribution in [0, 0.1) is 17.8 Å². The molecule has 14 heavy (non-hydrogen) atoms. The Kier molecular flexibility index (Phi) is 8.20. The van der Waals surface area contributed by atoms with Crippen LogP contribution >= 0.6 is 0 Å². The molecule has 0 amide bonds. The first-order valence-electron chi connectivity index (χ1n) is 6.00. The molecule has 0 aromatic rings. The van der Waals surface area contributed by atoms with E-state index in [0.29, 0.717) is 0 Å². The third kappa shape index (κ3) is 6.39. The van der Waals surface area contributed by atoms with Gasteiger partial charge in [0.25, 0.3) is 0 Å². The molecule has 0 bridgehead atoms. The zero-order valence-electron chi connectivity index (χ0n) is 10.3. The predicted octanol–water partition coefficient (Wildman–Crippen LogP) is 2.24. The summed E-state index contributed by atoms with van der Waals surface area (Å²) < 4.78 is 0. The maximum atomic E-state index is 5.44. The van der Waals surface area contributed by atoms with Gasteiger partial charge >= 0.3 is 0 Å². The molecule has 86 valence electrons. The summed E-state index contributed by atoms with van der Waals surface area (Å²) >= 11 is 0. The molecule has 3 N–H and O–H groups in total. The van der Waals surface area contributed by atoms with E-state index in [1.165, 1.54) is 6.42 Å². The molecule has 0 saturated carbocycles. The molecule has 0 aromatic heterocycles. The summed E-state index contributed by atoms with van der Waals surface area (Å²) in [5.41, 5.74) is 5.44. The predicted molar refractivity (Wildman–Crippen MR) is 64.3 cm³/mol. The minimum Gasteiger partial charge on any atom is -0.330 e. The molecule has 0 unspecified atom stereocenters. The van der Waals surface area contributed by atoms with E-state index in [1.54, 1.807) is 0 Å². The summed E-state index contributed by atoms with van der Waals surface area (Å²) in [6.45, 7) is 12.3. The van der Waals surface area contributed by atoms with Crippen molar-refractivity contribution in [3.05, 3.63) is 0 Å². The van der Waals surface area contributed by atoms with Crippen LogP contribution in [0.1, 0.15) is 40.5 Å². The molecule has 0 aromatic carbocycles. The lowest BCUT2D eigenvalue weighted by molar-refractivity contribution is 0.276. The molecule has 0 saturated heterocycles. The van der Waals surface area contributed by atoms with Gasteiger partial charge < -0.3 is 11.1 Å². The standard InChI is InChI=1S/C12H28N2/c1-10(2)12(11(3)4)9-14-8-6-5-7-13/h10-12,14H,5-9,13H2,1-4H3. The Morgan fingerprint density at radius 1 is 1.00 bits per heavy atom. The van der Waals surface area contributed by atoms with Crippen LogP contribution in [-0.2, 0) is 0 Å². The van der Waals surface area contributed by atoms with E-state index in [2.05, 4.69) is 33.0 Å². The maximum Gasteiger partial charge on any atom is -0.00156 e. The Labute approximate surface area is 89.6 Å². The Morgan fingerprint density at radius 3 is 2.00 bits per heavy atom. The van der Waals surface area contributed by atoms with Crippen molar-refractivity contribution in [2.45, 2.75) is 40.5 Å². The van der Waals surface area contributed by atoms with Crippen LogP contribution in [0.3, 0.4) is 0 Å². The number of unbranched alkanes of at least 4 members (excludes halogenated alkanes) is 1. The SMILES string of the molecule is CC(C)C(CNCCCCN)C(C)C. The van der Waals surface area contributed by atoms with E-state index < -0.39 is 0 Å². The van der Waals surface area contributed by atoms with Gasteiger partial charge in [0.15, 0.2) is 0 Å². The lowest BCUT2D eigenvalue weighted by atomic mass is 9.85. The number of hydrogen-bond acceptors (Lipinski definition) is 2. The van der Waals surface area contributed by atoms with Crippen LogP contribution in [0.2, 0.25) is 0 Å². The monoisotopic (exact) mass is 200 g/mol. The first-order chi connectivity index (χ1) is 6.59.